The summed E-state index contributed by atoms with van der Waals surface area (Å²) >= 11 is 1.56. The highest BCUT2D eigenvalue weighted by atomic mass is 32.2. The van der Waals surface area contributed by atoms with E-state index in [1.807, 2.05) is 32.2 Å². The van der Waals surface area contributed by atoms with E-state index in [-0.39, 0.29) is 11.9 Å². The third kappa shape index (κ3) is 4.54. The minimum absolute atomic E-state index is 0.0273. The van der Waals surface area contributed by atoms with Gasteiger partial charge < -0.3 is 14.0 Å². The fourth-order valence-electron chi connectivity index (χ4n) is 2.94. The van der Waals surface area contributed by atoms with Crippen molar-refractivity contribution in [2.75, 3.05) is 20.0 Å². The maximum absolute atomic E-state index is 13.4. The number of ether oxygens (including phenoxy) is 2. The van der Waals surface area contributed by atoms with Crippen LogP contribution in [0.2, 0.25) is 0 Å². The van der Waals surface area contributed by atoms with Gasteiger partial charge in [0.25, 0.3) is 0 Å². The molecule has 5 nitrogen and oxygen atoms in total. The van der Waals surface area contributed by atoms with Gasteiger partial charge in [0.15, 0.2) is 5.16 Å². The Bertz CT molecular complexity index is 926. The predicted molar refractivity (Wildman–Crippen MR) is 110 cm³/mol. The number of aromatic nitrogens is 3. The van der Waals surface area contributed by atoms with Crippen molar-refractivity contribution in [3.8, 4) is 28.4 Å². The average Bonchev–Trinajstić information content (AvgIpc) is 3.05. The van der Waals surface area contributed by atoms with Gasteiger partial charge in [-0.2, -0.15) is 0 Å². The molecule has 0 N–H and O–H groups in total. The highest BCUT2D eigenvalue weighted by molar-refractivity contribution is 7.98. The normalized spacial score (nSPS) is 11.2. The number of thioether (sulfide) groups is 1. The van der Waals surface area contributed by atoms with Crippen LogP contribution in [0.5, 0.6) is 5.88 Å². The van der Waals surface area contributed by atoms with E-state index in [0.717, 1.165) is 27.7 Å². The van der Waals surface area contributed by atoms with Crippen molar-refractivity contribution in [3.05, 3.63) is 48.4 Å². The van der Waals surface area contributed by atoms with Gasteiger partial charge in [0.1, 0.15) is 5.82 Å². The Kier molecular flexibility index (Phi) is 6.70. The topological polar surface area (TPSA) is 49.2 Å². The Morgan fingerprint density at radius 1 is 1.14 bits per heavy atom. The van der Waals surface area contributed by atoms with Crippen molar-refractivity contribution in [1.82, 2.24) is 14.5 Å². The minimum Gasteiger partial charge on any atom is -0.475 e. The van der Waals surface area contributed by atoms with E-state index >= 15 is 0 Å². The van der Waals surface area contributed by atoms with Crippen LogP contribution >= 0.6 is 11.8 Å². The van der Waals surface area contributed by atoms with Gasteiger partial charge in [0, 0.05) is 37.0 Å². The summed E-state index contributed by atoms with van der Waals surface area (Å²) in [4.78, 5) is 9.14. The van der Waals surface area contributed by atoms with E-state index < -0.39 is 0 Å². The Morgan fingerprint density at radius 2 is 1.89 bits per heavy atom. The first kappa shape index (κ1) is 20.4. The van der Waals surface area contributed by atoms with Gasteiger partial charge in [-0.1, -0.05) is 11.8 Å². The maximum atomic E-state index is 13.4. The van der Waals surface area contributed by atoms with Gasteiger partial charge in [-0.05, 0) is 50.4 Å². The van der Waals surface area contributed by atoms with Gasteiger partial charge >= 0.3 is 0 Å². The van der Waals surface area contributed by atoms with Crippen molar-refractivity contribution in [2.24, 2.45) is 0 Å². The maximum Gasteiger partial charge on any atom is 0.214 e. The second-order valence-electron chi connectivity index (χ2n) is 6.50. The van der Waals surface area contributed by atoms with Crippen LogP contribution in [0.1, 0.15) is 13.8 Å². The molecule has 148 valence electrons. The van der Waals surface area contributed by atoms with Crippen molar-refractivity contribution in [1.29, 1.82) is 0 Å². The monoisotopic (exact) mass is 401 g/mol. The first-order chi connectivity index (χ1) is 13.5. The van der Waals surface area contributed by atoms with Crippen LogP contribution in [0.3, 0.4) is 0 Å². The van der Waals surface area contributed by atoms with E-state index in [0.29, 0.717) is 19.0 Å². The van der Waals surface area contributed by atoms with Crippen LogP contribution in [0.15, 0.2) is 47.8 Å². The summed E-state index contributed by atoms with van der Waals surface area (Å²) in [6.45, 7) is 5.14. The summed E-state index contributed by atoms with van der Waals surface area (Å²) in [6.07, 6.45) is 3.75. The molecule has 0 saturated heterocycles. The molecule has 0 radical (unpaired) electrons. The quantitative estimate of drug-likeness (QED) is 0.502. The van der Waals surface area contributed by atoms with E-state index in [1.54, 1.807) is 37.2 Å². The molecule has 0 spiro atoms. The third-order valence-corrected chi connectivity index (χ3v) is 4.79. The summed E-state index contributed by atoms with van der Waals surface area (Å²) in [5, 5.41) is 0.870. The number of hydrogen-bond acceptors (Lipinski definition) is 5. The SMILES string of the molecule is COCCn1c(SC)nc(-c2ccc(F)cc2)c1-c1ccnc(OC(C)C)c1. The second kappa shape index (κ2) is 9.21. The Hall–Kier alpha value is -2.38. The van der Waals surface area contributed by atoms with E-state index in [4.69, 9.17) is 14.5 Å². The lowest BCUT2D eigenvalue weighted by Crippen LogP contribution is -2.08. The molecule has 0 aliphatic rings. The lowest BCUT2D eigenvalue weighted by molar-refractivity contribution is 0.185. The Balaban J connectivity index is 2.18. The molecule has 1 aromatic carbocycles. The number of nitrogens with zero attached hydrogens (tertiary/aromatic N) is 3. The molecule has 0 saturated carbocycles. The van der Waals surface area contributed by atoms with Crippen LogP contribution in [0.25, 0.3) is 22.5 Å². The minimum atomic E-state index is -0.272. The number of rotatable bonds is 8. The smallest absolute Gasteiger partial charge is 0.214 e. The van der Waals surface area contributed by atoms with Gasteiger partial charge in [-0.15, -0.1) is 0 Å². The van der Waals surface area contributed by atoms with E-state index in [2.05, 4.69) is 9.55 Å². The number of halogens is 1. The highest BCUT2D eigenvalue weighted by Crippen LogP contribution is 2.36. The molecule has 2 heterocycles. The molecule has 3 aromatic rings. The van der Waals surface area contributed by atoms with Gasteiger partial charge in [0.05, 0.1) is 24.1 Å². The third-order valence-electron chi connectivity index (χ3n) is 4.12. The molecule has 0 unspecified atom stereocenters. The number of imidazole rings is 1. The Labute approximate surface area is 168 Å². The molecule has 28 heavy (non-hydrogen) atoms. The number of benzene rings is 1. The molecule has 0 fully saturated rings. The second-order valence-corrected chi connectivity index (χ2v) is 7.27. The largest absolute Gasteiger partial charge is 0.475 e. The molecule has 3 rings (SSSR count). The molecule has 7 heteroatoms. The van der Waals surface area contributed by atoms with Crippen LogP contribution in [-0.4, -0.2) is 40.6 Å². The molecular formula is C21H24FN3O2S. The van der Waals surface area contributed by atoms with Gasteiger partial charge in [-0.3, -0.25) is 0 Å². The van der Waals surface area contributed by atoms with E-state index in [1.165, 1.54) is 12.1 Å². The molecule has 0 aliphatic carbocycles. The van der Waals surface area contributed by atoms with Crippen LogP contribution in [-0.2, 0) is 11.3 Å². The molecule has 0 bridgehead atoms. The fourth-order valence-corrected chi connectivity index (χ4v) is 3.53. The lowest BCUT2D eigenvalue weighted by atomic mass is 10.1. The summed E-state index contributed by atoms with van der Waals surface area (Å²) in [6, 6.07) is 10.2. The van der Waals surface area contributed by atoms with Crippen LogP contribution in [0, 0.1) is 5.82 Å². The first-order valence-corrected chi connectivity index (χ1v) is 10.3. The molecule has 0 aliphatic heterocycles. The summed E-state index contributed by atoms with van der Waals surface area (Å²) < 4.78 is 26.6. The number of hydrogen-bond donors (Lipinski definition) is 0. The van der Waals surface area contributed by atoms with Crippen molar-refractivity contribution < 1.29 is 13.9 Å². The molecule has 0 amide bonds. The highest BCUT2D eigenvalue weighted by Gasteiger charge is 2.20. The molecular weight excluding hydrogens is 377 g/mol. The zero-order valence-corrected chi connectivity index (χ0v) is 17.3. The molecule has 0 atom stereocenters. The number of pyridine rings is 1. The summed E-state index contributed by atoms with van der Waals surface area (Å²) in [5.74, 6) is 0.286. The zero-order chi connectivity index (χ0) is 20.1. The van der Waals surface area contributed by atoms with Gasteiger partial charge in [0.2, 0.25) is 5.88 Å². The summed E-state index contributed by atoms with van der Waals surface area (Å²) in [5.41, 5.74) is 3.52. The van der Waals surface area contributed by atoms with Crippen LogP contribution in [0.4, 0.5) is 4.39 Å². The van der Waals surface area contributed by atoms with Crippen molar-refractivity contribution in [2.45, 2.75) is 31.7 Å². The fraction of sp³-hybridized carbons (Fsp3) is 0.333. The van der Waals surface area contributed by atoms with Crippen molar-refractivity contribution >= 4 is 11.8 Å². The van der Waals surface area contributed by atoms with Gasteiger partial charge in [-0.25, -0.2) is 14.4 Å². The Morgan fingerprint density at radius 3 is 2.54 bits per heavy atom. The number of methoxy groups -OCH3 is 1. The van der Waals surface area contributed by atoms with Crippen molar-refractivity contribution in [3.63, 3.8) is 0 Å². The molecule has 2 aromatic heterocycles. The first-order valence-electron chi connectivity index (χ1n) is 9.06. The average molecular weight is 402 g/mol. The van der Waals surface area contributed by atoms with E-state index in [9.17, 15) is 4.39 Å². The predicted octanol–water partition coefficient (Wildman–Crippen LogP) is 4.91. The van der Waals surface area contributed by atoms with Crippen LogP contribution < -0.4 is 4.74 Å². The zero-order valence-electron chi connectivity index (χ0n) is 16.5. The lowest BCUT2D eigenvalue weighted by Gasteiger charge is -2.14. The summed E-state index contributed by atoms with van der Waals surface area (Å²) in [7, 11) is 1.68. The standard InChI is InChI=1S/C21H24FN3O2S/c1-14(2)27-18-13-16(9-10-23-18)20-19(15-5-7-17(22)8-6-15)24-21(28-4)25(20)11-12-26-3/h5-10,13-14H,11-12H2,1-4H3.